The highest BCUT2D eigenvalue weighted by Crippen LogP contribution is 2.29. The van der Waals surface area contributed by atoms with Crippen LogP contribution in [0.4, 0.5) is 0 Å². The molecule has 0 aliphatic rings. The van der Waals surface area contributed by atoms with Gasteiger partial charge in [-0.15, -0.1) is 0 Å². The van der Waals surface area contributed by atoms with E-state index in [1.54, 1.807) is 0 Å². The van der Waals surface area contributed by atoms with Crippen molar-refractivity contribution in [2.45, 2.75) is 12.3 Å². The van der Waals surface area contributed by atoms with E-state index < -0.39 is 0 Å². The highest BCUT2D eigenvalue weighted by molar-refractivity contribution is 5.64. The Labute approximate surface area is 131 Å². The lowest BCUT2D eigenvalue weighted by Crippen LogP contribution is -2.01. The first-order valence-corrected chi connectivity index (χ1v) is 7.52. The molecule has 0 aliphatic carbocycles. The first kappa shape index (κ1) is 14.3. The van der Waals surface area contributed by atoms with Crippen molar-refractivity contribution in [3.05, 3.63) is 96.1 Å². The predicted octanol–water partition coefficient (Wildman–Crippen LogP) is 5.07. The van der Waals surface area contributed by atoms with Gasteiger partial charge in [-0.3, -0.25) is 0 Å². The molecular formula is C21H18O. The summed E-state index contributed by atoms with van der Waals surface area (Å²) >= 11 is 0. The van der Waals surface area contributed by atoms with Crippen molar-refractivity contribution in [2.24, 2.45) is 0 Å². The summed E-state index contributed by atoms with van der Waals surface area (Å²) in [4.78, 5) is 11.1. The smallest absolute Gasteiger partial charge is 0.120 e. The molecule has 0 aromatic heterocycles. The molecule has 0 bridgehead atoms. The Morgan fingerprint density at radius 1 is 0.636 bits per heavy atom. The first-order valence-electron chi connectivity index (χ1n) is 7.52. The molecule has 3 aromatic rings. The summed E-state index contributed by atoms with van der Waals surface area (Å²) in [6.45, 7) is 0. The second-order valence-electron chi connectivity index (χ2n) is 5.35. The molecule has 0 spiro atoms. The molecule has 1 heteroatoms. The summed E-state index contributed by atoms with van der Waals surface area (Å²) in [6, 6.07) is 29.0. The summed E-state index contributed by atoms with van der Waals surface area (Å²) in [7, 11) is 0. The molecule has 3 aromatic carbocycles. The quantitative estimate of drug-likeness (QED) is 0.598. The molecule has 0 radical (unpaired) electrons. The van der Waals surface area contributed by atoms with Gasteiger partial charge in [0.05, 0.1) is 0 Å². The van der Waals surface area contributed by atoms with Crippen molar-refractivity contribution in [3.8, 4) is 11.1 Å². The van der Waals surface area contributed by atoms with Crippen molar-refractivity contribution in [2.75, 3.05) is 0 Å². The Morgan fingerprint density at radius 2 is 1.14 bits per heavy atom. The van der Waals surface area contributed by atoms with Crippen LogP contribution in [0.5, 0.6) is 0 Å². The molecule has 0 saturated heterocycles. The second kappa shape index (κ2) is 6.86. The normalized spacial score (nSPS) is 11.8. The lowest BCUT2D eigenvalue weighted by atomic mass is 9.88. The Hall–Kier alpha value is -2.67. The second-order valence-corrected chi connectivity index (χ2v) is 5.35. The Balaban J connectivity index is 1.91. The Kier molecular flexibility index (Phi) is 4.45. The summed E-state index contributed by atoms with van der Waals surface area (Å²) in [5.74, 6) is 0.128. The zero-order chi connectivity index (χ0) is 15.2. The van der Waals surface area contributed by atoms with E-state index in [2.05, 4.69) is 48.5 Å². The van der Waals surface area contributed by atoms with Crippen molar-refractivity contribution in [1.29, 1.82) is 0 Å². The molecule has 3 rings (SSSR count). The van der Waals surface area contributed by atoms with Gasteiger partial charge in [-0.25, -0.2) is 0 Å². The lowest BCUT2D eigenvalue weighted by Gasteiger charge is -2.16. The number of carbonyl (C=O) groups excluding carboxylic acids is 1. The van der Waals surface area contributed by atoms with E-state index in [1.807, 2.05) is 36.4 Å². The van der Waals surface area contributed by atoms with Gasteiger partial charge in [-0.05, 0) is 22.3 Å². The van der Waals surface area contributed by atoms with Crippen molar-refractivity contribution < 1.29 is 4.79 Å². The van der Waals surface area contributed by atoms with Crippen LogP contribution in [0.15, 0.2) is 84.9 Å². The molecule has 1 atom stereocenters. The first-order chi connectivity index (χ1) is 10.9. The van der Waals surface area contributed by atoms with Gasteiger partial charge in [0.25, 0.3) is 0 Å². The van der Waals surface area contributed by atoms with Gasteiger partial charge >= 0.3 is 0 Å². The van der Waals surface area contributed by atoms with E-state index in [9.17, 15) is 4.79 Å². The van der Waals surface area contributed by atoms with Crippen LogP contribution < -0.4 is 0 Å². The molecule has 0 heterocycles. The summed E-state index contributed by atoms with van der Waals surface area (Å²) in [6.07, 6.45) is 1.51. The zero-order valence-corrected chi connectivity index (χ0v) is 12.4. The molecule has 0 fully saturated rings. The molecular weight excluding hydrogens is 268 g/mol. The molecule has 108 valence electrons. The van der Waals surface area contributed by atoms with Gasteiger partial charge in [-0.1, -0.05) is 84.9 Å². The van der Waals surface area contributed by atoms with Gasteiger partial charge in [0.15, 0.2) is 0 Å². The van der Waals surface area contributed by atoms with Crippen molar-refractivity contribution in [1.82, 2.24) is 0 Å². The summed E-state index contributed by atoms with van der Waals surface area (Å²) < 4.78 is 0. The van der Waals surface area contributed by atoms with E-state index in [4.69, 9.17) is 0 Å². The molecule has 22 heavy (non-hydrogen) atoms. The van der Waals surface area contributed by atoms with E-state index in [1.165, 1.54) is 22.3 Å². The van der Waals surface area contributed by atoms with Crippen LogP contribution in [0.1, 0.15) is 23.5 Å². The topological polar surface area (TPSA) is 17.1 Å². The van der Waals surface area contributed by atoms with E-state index >= 15 is 0 Å². The van der Waals surface area contributed by atoms with Gasteiger partial charge in [0, 0.05) is 12.3 Å². The summed E-state index contributed by atoms with van der Waals surface area (Å²) in [5, 5.41) is 0. The van der Waals surface area contributed by atoms with Gasteiger partial charge in [0.2, 0.25) is 0 Å². The van der Waals surface area contributed by atoms with Crippen LogP contribution in [0, 0.1) is 0 Å². The number of rotatable bonds is 5. The van der Waals surface area contributed by atoms with Crippen LogP contribution in [0.25, 0.3) is 11.1 Å². The predicted molar refractivity (Wildman–Crippen MR) is 90.8 cm³/mol. The van der Waals surface area contributed by atoms with Crippen molar-refractivity contribution >= 4 is 6.29 Å². The Bertz CT molecular complexity index is 715. The molecule has 0 N–H and O–H groups in total. The number of hydrogen-bond donors (Lipinski definition) is 0. The Morgan fingerprint density at radius 3 is 1.73 bits per heavy atom. The average molecular weight is 286 g/mol. The fourth-order valence-corrected chi connectivity index (χ4v) is 2.78. The third kappa shape index (κ3) is 3.15. The third-order valence-corrected chi connectivity index (χ3v) is 3.95. The molecule has 0 saturated carbocycles. The maximum Gasteiger partial charge on any atom is 0.120 e. The standard InChI is InChI=1S/C21H18O/c22-16-15-21(19-9-5-2-6-10-19)20-13-11-18(12-14-20)17-7-3-1-4-8-17/h1-14,16,21H,15H2. The number of aldehydes is 1. The van der Waals surface area contributed by atoms with Crippen molar-refractivity contribution in [3.63, 3.8) is 0 Å². The van der Waals surface area contributed by atoms with E-state index in [0.29, 0.717) is 6.42 Å². The number of hydrogen-bond acceptors (Lipinski definition) is 1. The largest absolute Gasteiger partial charge is 0.303 e. The van der Waals surface area contributed by atoms with E-state index in [-0.39, 0.29) is 5.92 Å². The van der Waals surface area contributed by atoms with Crippen LogP contribution >= 0.6 is 0 Å². The van der Waals surface area contributed by atoms with Crippen LogP contribution in [-0.2, 0) is 4.79 Å². The number of benzene rings is 3. The number of carbonyl (C=O) groups is 1. The molecule has 1 unspecified atom stereocenters. The molecule has 0 amide bonds. The average Bonchev–Trinajstić information content (AvgIpc) is 2.61. The maximum absolute atomic E-state index is 11.1. The fraction of sp³-hybridized carbons (Fsp3) is 0.0952. The van der Waals surface area contributed by atoms with Crippen LogP contribution in [0.3, 0.4) is 0 Å². The lowest BCUT2D eigenvalue weighted by molar-refractivity contribution is -0.108. The minimum atomic E-state index is 0.128. The highest BCUT2D eigenvalue weighted by atomic mass is 16.1. The zero-order valence-electron chi connectivity index (χ0n) is 12.4. The monoisotopic (exact) mass is 286 g/mol. The van der Waals surface area contributed by atoms with Gasteiger partial charge in [0.1, 0.15) is 6.29 Å². The van der Waals surface area contributed by atoms with Gasteiger partial charge in [-0.2, -0.15) is 0 Å². The maximum atomic E-state index is 11.1. The minimum Gasteiger partial charge on any atom is -0.303 e. The molecule has 1 nitrogen and oxygen atoms in total. The SMILES string of the molecule is O=CCC(c1ccccc1)c1ccc(-c2ccccc2)cc1. The minimum absolute atomic E-state index is 0.128. The fourth-order valence-electron chi connectivity index (χ4n) is 2.78. The van der Waals surface area contributed by atoms with Crippen LogP contribution in [-0.4, -0.2) is 6.29 Å². The summed E-state index contributed by atoms with van der Waals surface area (Å²) in [5.41, 5.74) is 4.77. The van der Waals surface area contributed by atoms with Gasteiger partial charge < -0.3 is 4.79 Å². The van der Waals surface area contributed by atoms with E-state index in [0.717, 1.165) is 6.29 Å². The highest BCUT2D eigenvalue weighted by Gasteiger charge is 2.13. The third-order valence-electron chi connectivity index (χ3n) is 3.95. The molecule has 0 aliphatic heterocycles. The van der Waals surface area contributed by atoms with Crippen LogP contribution in [0.2, 0.25) is 0 Å².